The molecule has 2 nitrogen and oxygen atoms in total. The summed E-state index contributed by atoms with van der Waals surface area (Å²) in [6.45, 7) is 2.02. The molecule has 0 bridgehead atoms. The lowest BCUT2D eigenvalue weighted by molar-refractivity contribution is -0.108. The van der Waals surface area contributed by atoms with Crippen LogP contribution >= 0.6 is 0 Å². The maximum absolute atomic E-state index is 10.3. The summed E-state index contributed by atoms with van der Waals surface area (Å²) < 4.78 is 0. The molecule has 1 aromatic rings. The average Bonchev–Trinajstić information content (AvgIpc) is 2.09. The zero-order valence-electron chi connectivity index (χ0n) is 7.16. The zero-order valence-corrected chi connectivity index (χ0v) is 7.16. The van der Waals surface area contributed by atoms with Crippen molar-refractivity contribution in [1.29, 1.82) is 0 Å². The molecular formula is C10H13NO. The van der Waals surface area contributed by atoms with Crippen molar-refractivity contribution in [3.63, 3.8) is 0 Å². The van der Waals surface area contributed by atoms with Gasteiger partial charge in [0.1, 0.15) is 6.29 Å². The Hall–Kier alpha value is -1.15. The number of aldehydes is 1. The van der Waals surface area contributed by atoms with Crippen molar-refractivity contribution in [3.8, 4) is 0 Å². The molecule has 0 aliphatic carbocycles. The second-order valence-corrected chi connectivity index (χ2v) is 2.93. The van der Waals surface area contributed by atoms with E-state index >= 15 is 0 Å². The highest BCUT2D eigenvalue weighted by molar-refractivity contribution is 5.58. The van der Waals surface area contributed by atoms with E-state index in [-0.39, 0.29) is 6.04 Å². The van der Waals surface area contributed by atoms with E-state index in [4.69, 9.17) is 5.73 Å². The Morgan fingerprint density at radius 2 is 2.17 bits per heavy atom. The minimum atomic E-state index is -0.369. The van der Waals surface area contributed by atoms with Crippen molar-refractivity contribution in [2.45, 2.75) is 19.4 Å². The van der Waals surface area contributed by atoms with Gasteiger partial charge in [-0.2, -0.15) is 0 Å². The van der Waals surface area contributed by atoms with Crippen LogP contribution in [-0.4, -0.2) is 12.3 Å². The fourth-order valence-electron chi connectivity index (χ4n) is 1.14. The minimum Gasteiger partial charge on any atom is -0.321 e. The first kappa shape index (κ1) is 8.94. The van der Waals surface area contributed by atoms with Gasteiger partial charge in [0.15, 0.2) is 0 Å². The smallest absolute Gasteiger partial charge is 0.137 e. The number of hydrogen-bond acceptors (Lipinski definition) is 2. The quantitative estimate of drug-likeness (QED) is 0.677. The monoisotopic (exact) mass is 163 g/mol. The lowest BCUT2D eigenvalue weighted by Crippen LogP contribution is -2.24. The van der Waals surface area contributed by atoms with E-state index in [0.29, 0.717) is 6.42 Å². The highest BCUT2D eigenvalue weighted by Crippen LogP contribution is 2.07. The lowest BCUT2D eigenvalue weighted by atomic mass is 10.0. The molecule has 0 aliphatic rings. The van der Waals surface area contributed by atoms with Gasteiger partial charge in [-0.25, -0.2) is 0 Å². The van der Waals surface area contributed by atoms with Crippen molar-refractivity contribution >= 4 is 6.29 Å². The van der Waals surface area contributed by atoms with Crippen molar-refractivity contribution < 1.29 is 4.79 Å². The van der Waals surface area contributed by atoms with Gasteiger partial charge in [-0.3, -0.25) is 0 Å². The molecule has 0 heterocycles. The third-order valence-electron chi connectivity index (χ3n) is 1.89. The van der Waals surface area contributed by atoms with Gasteiger partial charge in [-0.15, -0.1) is 0 Å². The zero-order chi connectivity index (χ0) is 8.97. The van der Waals surface area contributed by atoms with E-state index < -0.39 is 0 Å². The van der Waals surface area contributed by atoms with E-state index in [9.17, 15) is 4.79 Å². The molecule has 0 radical (unpaired) electrons. The number of rotatable bonds is 3. The Kier molecular flexibility index (Phi) is 3.00. The normalized spacial score (nSPS) is 12.5. The molecule has 2 heteroatoms. The second kappa shape index (κ2) is 4.02. The van der Waals surface area contributed by atoms with Crippen LogP contribution in [0.15, 0.2) is 24.3 Å². The number of aryl methyl sites for hydroxylation is 1. The summed E-state index contributed by atoms with van der Waals surface area (Å²) in [5.74, 6) is 0. The first-order chi connectivity index (χ1) is 5.74. The highest BCUT2D eigenvalue weighted by atomic mass is 16.1. The molecule has 1 atom stereocenters. The third kappa shape index (κ3) is 2.17. The minimum absolute atomic E-state index is 0.369. The first-order valence-electron chi connectivity index (χ1n) is 3.99. The molecular weight excluding hydrogens is 150 g/mol. The number of benzene rings is 1. The van der Waals surface area contributed by atoms with Gasteiger partial charge in [0.2, 0.25) is 0 Å². The summed E-state index contributed by atoms with van der Waals surface area (Å²) >= 11 is 0. The summed E-state index contributed by atoms with van der Waals surface area (Å²) in [5, 5.41) is 0. The Morgan fingerprint density at radius 1 is 1.50 bits per heavy atom. The van der Waals surface area contributed by atoms with Crippen LogP contribution in [0.1, 0.15) is 11.1 Å². The predicted molar refractivity (Wildman–Crippen MR) is 48.9 cm³/mol. The van der Waals surface area contributed by atoms with Crippen LogP contribution in [0.5, 0.6) is 0 Å². The maximum atomic E-state index is 10.3. The van der Waals surface area contributed by atoms with Gasteiger partial charge in [-0.05, 0) is 24.5 Å². The van der Waals surface area contributed by atoms with E-state index in [0.717, 1.165) is 11.8 Å². The lowest BCUT2D eigenvalue weighted by Gasteiger charge is -2.06. The fraction of sp³-hybridized carbons (Fsp3) is 0.300. The summed E-state index contributed by atoms with van der Waals surface area (Å²) in [4.78, 5) is 10.3. The van der Waals surface area contributed by atoms with Crippen molar-refractivity contribution in [2.24, 2.45) is 5.73 Å². The summed E-state index contributed by atoms with van der Waals surface area (Å²) in [6.07, 6.45) is 1.42. The number of carbonyl (C=O) groups is 1. The summed E-state index contributed by atoms with van der Waals surface area (Å²) in [5.41, 5.74) is 7.85. The van der Waals surface area contributed by atoms with E-state index in [1.807, 2.05) is 31.2 Å². The molecule has 1 aromatic carbocycles. The van der Waals surface area contributed by atoms with Crippen molar-refractivity contribution in [1.82, 2.24) is 0 Å². The van der Waals surface area contributed by atoms with Gasteiger partial charge in [-0.1, -0.05) is 24.3 Å². The molecule has 0 fully saturated rings. The summed E-state index contributed by atoms with van der Waals surface area (Å²) in [7, 11) is 0. The molecule has 12 heavy (non-hydrogen) atoms. The maximum Gasteiger partial charge on any atom is 0.137 e. The average molecular weight is 163 g/mol. The summed E-state index contributed by atoms with van der Waals surface area (Å²) in [6, 6.07) is 7.59. The molecule has 2 N–H and O–H groups in total. The molecule has 0 aromatic heterocycles. The van der Waals surface area contributed by atoms with Crippen LogP contribution < -0.4 is 5.73 Å². The highest BCUT2D eigenvalue weighted by Gasteiger charge is 2.03. The van der Waals surface area contributed by atoms with Crippen molar-refractivity contribution in [3.05, 3.63) is 35.4 Å². The van der Waals surface area contributed by atoms with Crippen LogP contribution in [0.2, 0.25) is 0 Å². The van der Waals surface area contributed by atoms with Crippen LogP contribution in [-0.2, 0) is 11.2 Å². The number of carbonyl (C=O) groups excluding carboxylic acids is 1. The van der Waals surface area contributed by atoms with Crippen molar-refractivity contribution in [2.75, 3.05) is 0 Å². The van der Waals surface area contributed by atoms with E-state index in [1.165, 1.54) is 5.56 Å². The molecule has 0 spiro atoms. The Morgan fingerprint density at radius 3 is 2.75 bits per heavy atom. The van der Waals surface area contributed by atoms with Crippen LogP contribution in [0.3, 0.4) is 0 Å². The molecule has 0 amide bonds. The third-order valence-corrected chi connectivity index (χ3v) is 1.89. The first-order valence-corrected chi connectivity index (χ1v) is 3.99. The molecule has 1 unspecified atom stereocenters. The van der Waals surface area contributed by atoms with Gasteiger partial charge < -0.3 is 10.5 Å². The van der Waals surface area contributed by atoms with E-state index in [2.05, 4.69) is 0 Å². The molecule has 0 saturated carbocycles. The standard InChI is InChI=1S/C10H13NO/c1-8-4-2-3-5-9(8)6-10(11)7-12/h2-5,7,10H,6,11H2,1H3. The second-order valence-electron chi connectivity index (χ2n) is 2.93. The molecule has 0 saturated heterocycles. The molecule has 0 aliphatic heterocycles. The van der Waals surface area contributed by atoms with Crippen LogP contribution in [0, 0.1) is 6.92 Å². The largest absolute Gasteiger partial charge is 0.321 e. The SMILES string of the molecule is Cc1ccccc1CC(N)C=O. The van der Waals surface area contributed by atoms with Crippen LogP contribution in [0.25, 0.3) is 0 Å². The van der Waals surface area contributed by atoms with Crippen LogP contribution in [0.4, 0.5) is 0 Å². The molecule has 1 rings (SSSR count). The fourth-order valence-corrected chi connectivity index (χ4v) is 1.14. The topological polar surface area (TPSA) is 43.1 Å². The Bertz CT molecular complexity index is 270. The Labute approximate surface area is 72.4 Å². The molecule has 64 valence electrons. The van der Waals surface area contributed by atoms with E-state index in [1.54, 1.807) is 0 Å². The number of hydrogen-bond donors (Lipinski definition) is 1. The predicted octanol–water partition coefficient (Wildman–Crippen LogP) is 1.06. The van der Waals surface area contributed by atoms with Gasteiger partial charge in [0, 0.05) is 0 Å². The van der Waals surface area contributed by atoms with Gasteiger partial charge in [0.25, 0.3) is 0 Å². The number of nitrogens with two attached hydrogens (primary N) is 1. The Balaban J connectivity index is 2.75. The van der Waals surface area contributed by atoms with Gasteiger partial charge in [0.05, 0.1) is 6.04 Å². The van der Waals surface area contributed by atoms with Gasteiger partial charge >= 0.3 is 0 Å².